The van der Waals surface area contributed by atoms with E-state index in [0.29, 0.717) is 44.5 Å². The smallest absolute Gasteiger partial charge is 0.243 e. The Morgan fingerprint density at radius 1 is 0.967 bits per heavy atom. The third-order valence-corrected chi connectivity index (χ3v) is 7.23. The number of piperidine rings is 1. The van der Waals surface area contributed by atoms with Crippen LogP contribution in [0.4, 0.5) is 0 Å². The molecule has 0 unspecified atom stereocenters. The SMILES string of the molecule is COc1ccc(CCC(=O)NC2CCN(S(=O)(=O)c3ccc(OC)cc3)CC2)cc1. The number of hydrogen-bond acceptors (Lipinski definition) is 5. The summed E-state index contributed by atoms with van der Waals surface area (Å²) in [6.45, 7) is 0.773. The minimum absolute atomic E-state index is 0.00400. The van der Waals surface area contributed by atoms with Gasteiger partial charge in [-0.15, -0.1) is 0 Å². The van der Waals surface area contributed by atoms with Gasteiger partial charge in [0.15, 0.2) is 0 Å². The molecule has 1 aliphatic rings. The molecule has 2 aromatic rings. The van der Waals surface area contributed by atoms with Crippen molar-refractivity contribution in [3.8, 4) is 11.5 Å². The minimum Gasteiger partial charge on any atom is -0.497 e. The normalized spacial score (nSPS) is 15.5. The zero-order chi connectivity index (χ0) is 21.6. The molecule has 0 saturated carbocycles. The molecule has 1 saturated heterocycles. The van der Waals surface area contributed by atoms with Crippen LogP contribution in [0.3, 0.4) is 0 Å². The van der Waals surface area contributed by atoms with E-state index in [1.165, 1.54) is 4.31 Å². The summed E-state index contributed by atoms with van der Waals surface area (Å²) in [4.78, 5) is 12.5. The lowest BCUT2D eigenvalue weighted by atomic mass is 10.1. The van der Waals surface area contributed by atoms with Gasteiger partial charge in [-0.05, 0) is 61.2 Å². The highest BCUT2D eigenvalue weighted by Gasteiger charge is 2.29. The topological polar surface area (TPSA) is 84.9 Å². The van der Waals surface area contributed by atoms with Gasteiger partial charge in [-0.25, -0.2) is 8.42 Å². The average molecular weight is 433 g/mol. The van der Waals surface area contributed by atoms with Crippen LogP contribution in [0.2, 0.25) is 0 Å². The molecule has 0 spiro atoms. The van der Waals surface area contributed by atoms with Gasteiger partial charge in [-0.1, -0.05) is 12.1 Å². The fourth-order valence-corrected chi connectivity index (χ4v) is 4.96. The number of rotatable bonds is 8. The van der Waals surface area contributed by atoms with E-state index in [-0.39, 0.29) is 16.8 Å². The van der Waals surface area contributed by atoms with Gasteiger partial charge in [0.05, 0.1) is 19.1 Å². The summed E-state index contributed by atoms with van der Waals surface area (Å²) in [5.74, 6) is 1.40. The Morgan fingerprint density at radius 3 is 2.03 bits per heavy atom. The van der Waals surface area contributed by atoms with Crippen LogP contribution in [-0.2, 0) is 21.2 Å². The van der Waals surface area contributed by atoms with Crippen molar-refractivity contribution < 1.29 is 22.7 Å². The summed E-state index contributed by atoms with van der Waals surface area (Å²) in [6.07, 6.45) is 2.25. The van der Waals surface area contributed by atoms with E-state index >= 15 is 0 Å². The number of sulfonamides is 1. The molecule has 0 radical (unpaired) electrons. The quantitative estimate of drug-likeness (QED) is 0.693. The number of carbonyl (C=O) groups is 1. The Kier molecular flexibility index (Phi) is 7.33. The molecule has 2 aromatic carbocycles. The molecule has 0 aromatic heterocycles. The van der Waals surface area contributed by atoms with Crippen molar-refractivity contribution in [1.29, 1.82) is 0 Å². The van der Waals surface area contributed by atoms with Crippen molar-refractivity contribution in [2.45, 2.75) is 36.6 Å². The number of amides is 1. The zero-order valence-corrected chi connectivity index (χ0v) is 18.2. The molecular weight excluding hydrogens is 404 g/mol. The van der Waals surface area contributed by atoms with Gasteiger partial charge >= 0.3 is 0 Å². The molecule has 8 heteroatoms. The van der Waals surface area contributed by atoms with Crippen molar-refractivity contribution in [1.82, 2.24) is 9.62 Å². The lowest BCUT2D eigenvalue weighted by molar-refractivity contribution is -0.122. The lowest BCUT2D eigenvalue weighted by Crippen LogP contribution is -2.46. The van der Waals surface area contributed by atoms with Crippen LogP contribution in [0.25, 0.3) is 0 Å². The number of hydrogen-bond donors (Lipinski definition) is 1. The second kappa shape index (κ2) is 9.95. The third kappa shape index (κ3) is 5.52. The molecule has 162 valence electrons. The standard InChI is InChI=1S/C22H28N2O5S/c1-28-19-6-3-17(4-7-19)5-12-22(25)23-18-13-15-24(16-14-18)30(26,27)21-10-8-20(29-2)9-11-21/h3-4,6-11,18H,5,12-16H2,1-2H3,(H,23,25). The molecule has 7 nitrogen and oxygen atoms in total. The Bertz CT molecular complexity index is 934. The Morgan fingerprint density at radius 2 is 1.50 bits per heavy atom. The van der Waals surface area contributed by atoms with Crippen LogP contribution in [0.5, 0.6) is 11.5 Å². The van der Waals surface area contributed by atoms with E-state index in [0.717, 1.165) is 11.3 Å². The van der Waals surface area contributed by atoms with E-state index in [1.807, 2.05) is 24.3 Å². The van der Waals surface area contributed by atoms with Crippen LogP contribution >= 0.6 is 0 Å². The molecule has 3 rings (SSSR count). The van der Waals surface area contributed by atoms with Gasteiger partial charge in [0, 0.05) is 25.6 Å². The molecule has 0 bridgehead atoms. The zero-order valence-electron chi connectivity index (χ0n) is 17.3. The minimum atomic E-state index is -3.54. The first kappa shape index (κ1) is 22.1. The van der Waals surface area contributed by atoms with E-state index < -0.39 is 10.0 Å². The van der Waals surface area contributed by atoms with Gasteiger partial charge in [-0.2, -0.15) is 4.31 Å². The van der Waals surface area contributed by atoms with Crippen LogP contribution < -0.4 is 14.8 Å². The molecule has 1 aliphatic heterocycles. The van der Waals surface area contributed by atoms with Gasteiger partial charge in [0.25, 0.3) is 0 Å². The largest absolute Gasteiger partial charge is 0.497 e. The van der Waals surface area contributed by atoms with E-state index in [9.17, 15) is 13.2 Å². The second-order valence-electron chi connectivity index (χ2n) is 7.27. The van der Waals surface area contributed by atoms with Gasteiger partial charge in [0.2, 0.25) is 15.9 Å². The average Bonchev–Trinajstić information content (AvgIpc) is 2.78. The molecule has 1 amide bonds. The second-order valence-corrected chi connectivity index (χ2v) is 9.21. The van der Waals surface area contributed by atoms with Crippen molar-refractivity contribution in [2.75, 3.05) is 27.3 Å². The lowest BCUT2D eigenvalue weighted by Gasteiger charge is -2.31. The maximum Gasteiger partial charge on any atom is 0.243 e. The van der Waals surface area contributed by atoms with Crippen molar-refractivity contribution in [3.63, 3.8) is 0 Å². The maximum atomic E-state index is 12.8. The van der Waals surface area contributed by atoms with Crippen LogP contribution in [0.1, 0.15) is 24.8 Å². The number of carbonyl (C=O) groups excluding carboxylic acids is 1. The number of ether oxygens (including phenoxy) is 2. The monoisotopic (exact) mass is 432 g/mol. The van der Waals surface area contributed by atoms with E-state index in [1.54, 1.807) is 38.5 Å². The summed E-state index contributed by atoms with van der Waals surface area (Å²) in [5, 5.41) is 3.04. The van der Waals surface area contributed by atoms with Crippen LogP contribution in [-0.4, -0.2) is 52.0 Å². The van der Waals surface area contributed by atoms with Gasteiger partial charge in [-0.3, -0.25) is 4.79 Å². The number of methoxy groups -OCH3 is 2. The predicted molar refractivity (Wildman–Crippen MR) is 114 cm³/mol. The molecule has 1 N–H and O–H groups in total. The number of nitrogens with zero attached hydrogens (tertiary/aromatic N) is 1. The highest BCUT2D eigenvalue weighted by Crippen LogP contribution is 2.23. The Hall–Kier alpha value is -2.58. The predicted octanol–water partition coefficient (Wildman–Crippen LogP) is 2.61. The molecule has 0 atom stereocenters. The summed E-state index contributed by atoms with van der Waals surface area (Å²) < 4.78 is 37.3. The van der Waals surface area contributed by atoms with E-state index in [2.05, 4.69) is 5.32 Å². The number of aryl methyl sites for hydroxylation is 1. The Balaban J connectivity index is 1.46. The fraction of sp³-hybridized carbons (Fsp3) is 0.409. The Labute approximate surface area is 178 Å². The summed E-state index contributed by atoms with van der Waals surface area (Å²) >= 11 is 0. The molecule has 1 fully saturated rings. The highest BCUT2D eigenvalue weighted by molar-refractivity contribution is 7.89. The first-order valence-electron chi connectivity index (χ1n) is 9.99. The van der Waals surface area contributed by atoms with Crippen molar-refractivity contribution >= 4 is 15.9 Å². The molecule has 30 heavy (non-hydrogen) atoms. The highest BCUT2D eigenvalue weighted by atomic mass is 32.2. The first-order valence-corrected chi connectivity index (χ1v) is 11.4. The maximum absolute atomic E-state index is 12.8. The first-order chi connectivity index (χ1) is 14.4. The van der Waals surface area contributed by atoms with E-state index in [4.69, 9.17) is 9.47 Å². The van der Waals surface area contributed by atoms with Crippen LogP contribution in [0, 0.1) is 0 Å². The summed E-state index contributed by atoms with van der Waals surface area (Å²) in [7, 11) is -0.374. The van der Waals surface area contributed by atoms with Crippen LogP contribution in [0.15, 0.2) is 53.4 Å². The van der Waals surface area contributed by atoms with Gasteiger partial charge < -0.3 is 14.8 Å². The number of nitrogens with one attached hydrogen (secondary N) is 1. The fourth-order valence-electron chi connectivity index (χ4n) is 3.49. The van der Waals surface area contributed by atoms with Crippen molar-refractivity contribution in [3.05, 3.63) is 54.1 Å². The summed E-state index contributed by atoms with van der Waals surface area (Å²) in [5.41, 5.74) is 1.08. The number of benzene rings is 2. The summed E-state index contributed by atoms with van der Waals surface area (Å²) in [6, 6.07) is 14.1. The molecule has 1 heterocycles. The third-order valence-electron chi connectivity index (χ3n) is 5.32. The molecular formula is C22H28N2O5S. The molecule has 0 aliphatic carbocycles. The van der Waals surface area contributed by atoms with Gasteiger partial charge in [0.1, 0.15) is 11.5 Å². The van der Waals surface area contributed by atoms with Crippen molar-refractivity contribution in [2.24, 2.45) is 0 Å².